The average molecular weight is 361 g/mol. The third kappa shape index (κ3) is 3.66. The van der Waals surface area contributed by atoms with Crippen LogP contribution in [-0.4, -0.2) is 39.6 Å². The Balaban J connectivity index is 1.38. The van der Waals surface area contributed by atoms with Gasteiger partial charge in [0.2, 0.25) is 11.8 Å². The summed E-state index contributed by atoms with van der Waals surface area (Å²) in [7, 11) is 0. The number of rotatable bonds is 5. The van der Waals surface area contributed by atoms with Crippen LogP contribution >= 0.6 is 0 Å². The maximum absolute atomic E-state index is 13.1. The Labute approximate surface area is 156 Å². The van der Waals surface area contributed by atoms with E-state index in [2.05, 4.69) is 20.4 Å². The molecule has 144 valence electrons. The summed E-state index contributed by atoms with van der Waals surface area (Å²) in [6, 6.07) is 0. The first-order valence-corrected chi connectivity index (χ1v) is 10.6. The molecule has 6 heteroatoms. The minimum absolute atomic E-state index is 0.163. The number of nitrogens with zero attached hydrogens (tertiary/aromatic N) is 3. The molecule has 1 saturated heterocycles. The summed E-state index contributed by atoms with van der Waals surface area (Å²) in [6.45, 7) is 2.47. The smallest absolute Gasteiger partial charge is 0.246 e. The van der Waals surface area contributed by atoms with E-state index >= 15 is 0 Å². The number of hydrogen-bond donors (Lipinski definition) is 1. The zero-order valence-corrected chi connectivity index (χ0v) is 15.8. The van der Waals surface area contributed by atoms with Gasteiger partial charge < -0.3 is 9.84 Å². The molecular weight excluding hydrogens is 328 g/mol. The van der Waals surface area contributed by atoms with Gasteiger partial charge in [0, 0.05) is 5.92 Å². The van der Waals surface area contributed by atoms with Gasteiger partial charge in [0.1, 0.15) is 5.54 Å². The molecule has 1 aromatic heterocycles. The van der Waals surface area contributed by atoms with Crippen molar-refractivity contribution in [3.8, 4) is 0 Å². The molecule has 0 aromatic carbocycles. The normalized spacial score (nSPS) is 24.6. The average Bonchev–Trinajstić information content (AvgIpc) is 3.39. The van der Waals surface area contributed by atoms with E-state index in [1.54, 1.807) is 0 Å². The van der Waals surface area contributed by atoms with Crippen molar-refractivity contribution < 1.29 is 9.32 Å². The molecule has 1 amide bonds. The summed E-state index contributed by atoms with van der Waals surface area (Å²) in [4.78, 5) is 20.1. The standard InChI is InChI=1S/C20H32N4O2/c25-19(20(11-5-2-6-12-20)24-13-7-8-14-24)21-15-17-22-18(23-26-17)16-9-3-1-4-10-16/h16H,1-15H2,(H,21,25). The third-order valence-electron chi connectivity index (χ3n) is 6.67. The van der Waals surface area contributed by atoms with E-state index in [0.717, 1.165) is 57.4 Å². The zero-order chi connectivity index (χ0) is 17.8. The van der Waals surface area contributed by atoms with E-state index in [-0.39, 0.29) is 11.4 Å². The van der Waals surface area contributed by atoms with Crippen LogP contribution in [0, 0.1) is 0 Å². The minimum Gasteiger partial charge on any atom is -0.345 e. The highest BCUT2D eigenvalue weighted by atomic mass is 16.5. The molecule has 0 bridgehead atoms. The molecule has 1 aromatic rings. The molecule has 0 unspecified atom stereocenters. The first kappa shape index (κ1) is 18.0. The molecule has 0 spiro atoms. The van der Waals surface area contributed by atoms with Crippen LogP contribution in [0.1, 0.15) is 94.7 Å². The molecule has 26 heavy (non-hydrogen) atoms. The van der Waals surface area contributed by atoms with Gasteiger partial charge in [-0.05, 0) is 51.6 Å². The highest BCUT2D eigenvalue weighted by Gasteiger charge is 2.45. The Kier molecular flexibility index (Phi) is 5.57. The molecule has 1 aliphatic heterocycles. The minimum atomic E-state index is -0.305. The monoisotopic (exact) mass is 360 g/mol. The quantitative estimate of drug-likeness (QED) is 0.870. The molecule has 0 atom stereocenters. The predicted molar refractivity (Wildman–Crippen MR) is 98.6 cm³/mol. The summed E-state index contributed by atoms with van der Waals surface area (Å²) >= 11 is 0. The Morgan fingerprint density at radius 1 is 1.04 bits per heavy atom. The van der Waals surface area contributed by atoms with Crippen molar-refractivity contribution in [1.29, 1.82) is 0 Å². The first-order chi connectivity index (χ1) is 12.8. The van der Waals surface area contributed by atoms with Crippen LogP contribution in [0.4, 0.5) is 0 Å². The van der Waals surface area contributed by atoms with E-state index in [9.17, 15) is 4.79 Å². The van der Waals surface area contributed by atoms with Crippen LogP contribution in [0.3, 0.4) is 0 Å². The highest BCUT2D eigenvalue weighted by molar-refractivity contribution is 5.86. The van der Waals surface area contributed by atoms with Crippen molar-refractivity contribution >= 4 is 5.91 Å². The predicted octanol–water partition coefficient (Wildman–Crippen LogP) is 3.53. The maximum Gasteiger partial charge on any atom is 0.246 e. The number of amides is 1. The summed E-state index contributed by atoms with van der Waals surface area (Å²) < 4.78 is 5.42. The third-order valence-corrected chi connectivity index (χ3v) is 6.67. The molecule has 2 saturated carbocycles. The highest BCUT2D eigenvalue weighted by Crippen LogP contribution is 2.36. The topological polar surface area (TPSA) is 71.3 Å². The second-order valence-electron chi connectivity index (χ2n) is 8.35. The lowest BCUT2D eigenvalue weighted by Crippen LogP contribution is -2.58. The van der Waals surface area contributed by atoms with Gasteiger partial charge in [-0.15, -0.1) is 0 Å². The van der Waals surface area contributed by atoms with Crippen molar-refractivity contribution in [3.05, 3.63) is 11.7 Å². The number of hydrogen-bond acceptors (Lipinski definition) is 5. The van der Waals surface area contributed by atoms with E-state index in [0.29, 0.717) is 18.4 Å². The second kappa shape index (κ2) is 8.07. The number of carbonyl (C=O) groups is 1. The van der Waals surface area contributed by atoms with E-state index < -0.39 is 0 Å². The number of likely N-dealkylation sites (tertiary alicyclic amines) is 1. The van der Waals surface area contributed by atoms with E-state index in [1.807, 2.05) is 0 Å². The summed E-state index contributed by atoms with van der Waals surface area (Å²) in [6.07, 6.45) is 14.1. The van der Waals surface area contributed by atoms with Crippen LogP contribution in [-0.2, 0) is 11.3 Å². The first-order valence-electron chi connectivity index (χ1n) is 10.6. The Hall–Kier alpha value is -1.43. The second-order valence-corrected chi connectivity index (χ2v) is 8.35. The SMILES string of the molecule is O=C(NCc1nc(C2CCCCC2)no1)C1(N2CCCC2)CCCCC1. The van der Waals surface area contributed by atoms with Gasteiger partial charge in [-0.2, -0.15) is 4.98 Å². The van der Waals surface area contributed by atoms with Crippen molar-refractivity contribution in [2.24, 2.45) is 0 Å². The summed E-state index contributed by atoms with van der Waals surface area (Å²) in [5, 5.41) is 7.30. The Bertz CT molecular complexity index is 597. The van der Waals surface area contributed by atoms with Gasteiger partial charge in [0.05, 0.1) is 6.54 Å². The molecule has 3 aliphatic rings. The van der Waals surface area contributed by atoms with Gasteiger partial charge >= 0.3 is 0 Å². The summed E-state index contributed by atoms with van der Waals surface area (Å²) in [5.74, 6) is 1.98. The van der Waals surface area contributed by atoms with Crippen molar-refractivity contribution in [3.63, 3.8) is 0 Å². The number of carbonyl (C=O) groups excluding carboxylic acids is 1. The lowest BCUT2D eigenvalue weighted by molar-refractivity contribution is -0.135. The van der Waals surface area contributed by atoms with Crippen LogP contribution in [0.25, 0.3) is 0 Å². The fraction of sp³-hybridized carbons (Fsp3) is 0.850. The van der Waals surface area contributed by atoms with Gasteiger partial charge in [-0.1, -0.05) is 43.7 Å². The molecule has 2 aliphatic carbocycles. The molecule has 4 rings (SSSR count). The van der Waals surface area contributed by atoms with Crippen LogP contribution in [0.15, 0.2) is 4.52 Å². The molecular formula is C20H32N4O2. The Morgan fingerprint density at radius 2 is 1.73 bits per heavy atom. The van der Waals surface area contributed by atoms with Crippen molar-refractivity contribution in [2.45, 2.75) is 95.1 Å². The van der Waals surface area contributed by atoms with Gasteiger partial charge in [0.25, 0.3) is 0 Å². The molecule has 1 N–H and O–H groups in total. The lowest BCUT2D eigenvalue weighted by Gasteiger charge is -2.43. The van der Waals surface area contributed by atoms with Gasteiger partial charge in [-0.25, -0.2) is 0 Å². The van der Waals surface area contributed by atoms with Crippen molar-refractivity contribution in [1.82, 2.24) is 20.4 Å². The summed E-state index contributed by atoms with van der Waals surface area (Å²) in [5.41, 5.74) is -0.305. The van der Waals surface area contributed by atoms with Crippen LogP contribution in [0.2, 0.25) is 0 Å². The van der Waals surface area contributed by atoms with Crippen LogP contribution < -0.4 is 5.32 Å². The van der Waals surface area contributed by atoms with Gasteiger partial charge in [0.15, 0.2) is 5.82 Å². The van der Waals surface area contributed by atoms with Crippen LogP contribution in [0.5, 0.6) is 0 Å². The molecule has 3 fully saturated rings. The largest absolute Gasteiger partial charge is 0.345 e. The fourth-order valence-electron chi connectivity index (χ4n) is 5.16. The van der Waals surface area contributed by atoms with E-state index in [4.69, 9.17) is 4.52 Å². The maximum atomic E-state index is 13.1. The fourth-order valence-corrected chi connectivity index (χ4v) is 5.16. The molecule has 6 nitrogen and oxygen atoms in total. The number of nitrogens with one attached hydrogen (secondary N) is 1. The Morgan fingerprint density at radius 3 is 2.46 bits per heavy atom. The van der Waals surface area contributed by atoms with Crippen molar-refractivity contribution in [2.75, 3.05) is 13.1 Å². The zero-order valence-electron chi connectivity index (χ0n) is 15.8. The lowest BCUT2D eigenvalue weighted by atomic mass is 9.79. The van der Waals surface area contributed by atoms with E-state index in [1.165, 1.54) is 38.5 Å². The number of aromatic nitrogens is 2. The molecule has 2 heterocycles. The molecule has 0 radical (unpaired) electrons. The van der Waals surface area contributed by atoms with Gasteiger partial charge in [-0.3, -0.25) is 9.69 Å².